The van der Waals surface area contributed by atoms with E-state index in [1.807, 2.05) is 82.3 Å². The first-order valence-electron chi connectivity index (χ1n) is 13.4. The van der Waals surface area contributed by atoms with Gasteiger partial charge in [-0.25, -0.2) is 8.42 Å². The Bertz CT molecular complexity index is 1500. The predicted octanol–water partition coefficient (Wildman–Crippen LogP) is 4.52. The highest BCUT2D eigenvalue weighted by molar-refractivity contribution is 7.92. The summed E-state index contributed by atoms with van der Waals surface area (Å²) in [6.07, 6.45) is 1.25. The lowest BCUT2D eigenvalue weighted by atomic mass is 10.00. The molecule has 3 rings (SSSR count). The molecular formula is C32H39N3O5S. The minimum absolute atomic E-state index is 0.103. The molecule has 0 saturated carbocycles. The maximum absolute atomic E-state index is 14.2. The Balaban J connectivity index is 2.10. The summed E-state index contributed by atoms with van der Waals surface area (Å²) < 4.78 is 26.9. The van der Waals surface area contributed by atoms with Crippen LogP contribution >= 0.6 is 0 Å². The lowest BCUT2D eigenvalue weighted by Crippen LogP contribution is -2.56. The Morgan fingerprint density at radius 2 is 1.54 bits per heavy atom. The van der Waals surface area contributed by atoms with Gasteiger partial charge in [0.05, 0.1) is 11.9 Å². The molecule has 0 aliphatic carbocycles. The van der Waals surface area contributed by atoms with Crippen LogP contribution in [0.4, 0.5) is 5.69 Å². The van der Waals surface area contributed by atoms with Crippen molar-refractivity contribution in [3.63, 3.8) is 0 Å². The molecule has 2 amide bonds. The number of hydrogen-bond donors (Lipinski definition) is 1. The zero-order valence-corrected chi connectivity index (χ0v) is 25.4. The number of hydrogen-bond acceptors (Lipinski definition) is 5. The molecule has 3 aromatic carbocycles. The summed E-state index contributed by atoms with van der Waals surface area (Å²) in [6.45, 7) is 8.48. The van der Waals surface area contributed by atoms with Gasteiger partial charge >= 0.3 is 0 Å². The average molecular weight is 578 g/mol. The maximum atomic E-state index is 14.2. The molecule has 1 atom stereocenters. The van der Waals surface area contributed by atoms with E-state index in [0.717, 1.165) is 27.3 Å². The van der Waals surface area contributed by atoms with Crippen molar-refractivity contribution in [1.82, 2.24) is 10.2 Å². The van der Waals surface area contributed by atoms with Gasteiger partial charge in [0.25, 0.3) is 0 Å². The molecule has 0 aliphatic heterocycles. The Hall–Kier alpha value is -3.98. The third-order valence-corrected chi connectivity index (χ3v) is 7.73. The lowest BCUT2D eigenvalue weighted by Gasteiger charge is -2.35. The number of carbonyl (C=O) groups is 3. The zero-order valence-electron chi connectivity index (χ0n) is 24.5. The van der Waals surface area contributed by atoms with E-state index in [1.54, 1.807) is 18.2 Å². The van der Waals surface area contributed by atoms with E-state index in [-0.39, 0.29) is 30.3 Å². The van der Waals surface area contributed by atoms with Crippen LogP contribution in [0.5, 0.6) is 0 Å². The molecule has 41 heavy (non-hydrogen) atoms. The first-order chi connectivity index (χ1) is 19.2. The monoisotopic (exact) mass is 577 g/mol. The van der Waals surface area contributed by atoms with Gasteiger partial charge in [-0.15, -0.1) is 0 Å². The smallest absolute Gasteiger partial charge is 0.244 e. The van der Waals surface area contributed by atoms with E-state index in [2.05, 4.69) is 5.32 Å². The second kappa shape index (κ2) is 13.1. The minimum Gasteiger partial charge on any atom is -0.350 e. The summed E-state index contributed by atoms with van der Waals surface area (Å²) in [4.78, 5) is 41.4. The summed E-state index contributed by atoms with van der Waals surface area (Å²) in [5.74, 6) is -1.11. The molecule has 1 N–H and O–H groups in total. The molecule has 218 valence electrons. The van der Waals surface area contributed by atoms with E-state index in [1.165, 1.54) is 17.9 Å². The molecule has 0 spiro atoms. The van der Waals surface area contributed by atoms with Crippen LogP contribution in [0.2, 0.25) is 0 Å². The number of rotatable bonds is 11. The van der Waals surface area contributed by atoms with Crippen molar-refractivity contribution in [1.29, 1.82) is 0 Å². The molecule has 0 saturated heterocycles. The van der Waals surface area contributed by atoms with Gasteiger partial charge in [-0.05, 0) is 63.4 Å². The van der Waals surface area contributed by atoms with Gasteiger partial charge in [0, 0.05) is 24.1 Å². The predicted molar refractivity (Wildman–Crippen MR) is 162 cm³/mol. The highest BCUT2D eigenvalue weighted by Gasteiger charge is 2.34. The number of carbonyl (C=O) groups excluding carboxylic acids is 3. The van der Waals surface area contributed by atoms with Gasteiger partial charge < -0.3 is 10.2 Å². The molecule has 0 heterocycles. The highest BCUT2D eigenvalue weighted by atomic mass is 32.2. The summed E-state index contributed by atoms with van der Waals surface area (Å²) in [5.41, 5.74) is 2.60. The molecule has 9 heteroatoms. The topological polar surface area (TPSA) is 104 Å². The number of nitrogens with zero attached hydrogens (tertiary/aromatic N) is 2. The van der Waals surface area contributed by atoms with Crippen molar-refractivity contribution in [3.05, 3.63) is 101 Å². The summed E-state index contributed by atoms with van der Waals surface area (Å²) in [6, 6.07) is 22.2. The van der Waals surface area contributed by atoms with Crippen LogP contribution in [-0.4, -0.2) is 55.3 Å². The van der Waals surface area contributed by atoms with E-state index in [0.29, 0.717) is 5.56 Å². The number of nitrogens with one attached hydrogen (secondary N) is 1. The van der Waals surface area contributed by atoms with Gasteiger partial charge in [0.2, 0.25) is 21.8 Å². The van der Waals surface area contributed by atoms with Gasteiger partial charge in [-0.1, -0.05) is 66.7 Å². The van der Waals surface area contributed by atoms with E-state index < -0.39 is 34.1 Å². The number of aryl methyl sites for hydroxylation is 1. The van der Waals surface area contributed by atoms with Gasteiger partial charge in [-0.2, -0.15) is 0 Å². The van der Waals surface area contributed by atoms with Crippen molar-refractivity contribution in [2.24, 2.45) is 0 Å². The summed E-state index contributed by atoms with van der Waals surface area (Å²) >= 11 is 0. The van der Waals surface area contributed by atoms with E-state index in [9.17, 15) is 22.8 Å². The van der Waals surface area contributed by atoms with Crippen LogP contribution in [0.25, 0.3) is 0 Å². The van der Waals surface area contributed by atoms with Crippen LogP contribution < -0.4 is 9.62 Å². The molecule has 0 bridgehead atoms. The second-order valence-corrected chi connectivity index (χ2v) is 13.2. The van der Waals surface area contributed by atoms with Gasteiger partial charge in [-0.3, -0.25) is 18.7 Å². The number of sulfonamides is 1. The third kappa shape index (κ3) is 9.01. The number of benzene rings is 3. The van der Waals surface area contributed by atoms with Gasteiger partial charge in [0.15, 0.2) is 5.78 Å². The maximum Gasteiger partial charge on any atom is 0.244 e. The molecule has 0 unspecified atom stereocenters. The largest absolute Gasteiger partial charge is 0.350 e. The van der Waals surface area contributed by atoms with E-state index in [4.69, 9.17) is 0 Å². The highest BCUT2D eigenvalue weighted by Crippen LogP contribution is 2.23. The third-order valence-electron chi connectivity index (χ3n) is 6.59. The Kier molecular flexibility index (Phi) is 10.1. The molecule has 8 nitrogen and oxygen atoms in total. The molecule has 0 fully saturated rings. The van der Waals surface area contributed by atoms with Crippen LogP contribution in [0.15, 0.2) is 78.9 Å². The van der Waals surface area contributed by atoms with Crippen LogP contribution in [0.1, 0.15) is 54.7 Å². The number of ketones is 1. The Morgan fingerprint density at radius 1 is 0.902 bits per heavy atom. The zero-order chi connectivity index (χ0) is 30.4. The van der Waals surface area contributed by atoms with Crippen molar-refractivity contribution < 1.29 is 22.8 Å². The first kappa shape index (κ1) is 31.5. The van der Waals surface area contributed by atoms with Crippen molar-refractivity contribution in [3.8, 4) is 0 Å². The van der Waals surface area contributed by atoms with Crippen molar-refractivity contribution in [2.45, 2.75) is 59.2 Å². The standard InChI is InChI=1S/C32H39N3O5S/c1-23-13-10-11-16-27(23)21-34(29(31(38)33-32(3,4)5)19-25-14-8-7-9-15-25)30(37)22-35(41(6,39)40)28-18-12-17-26(20-28)24(2)36/h7-18,20,29H,19,21-22H2,1-6H3,(H,33,38)/t29-/m0/s1. The number of anilines is 1. The summed E-state index contributed by atoms with van der Waals surface area (Å²) in [7, 11) is -3.93. The molecule has 0 radical (unpaired) electrons. The number of Topliss-reactive ketones (excluding diaryl/α,β-unsaturated/α-hetero) is 1. The fraction of sp³-hybridized carbons (Fsp3) is 0.344. The van der Waals surface area contributed by atoms with Crippen LogP contribution in [-0.2, 0) is 32.6 Å². The number of amides is 2. The average Bonchev–Trinajstić information content (AvgIpc) is 2.89. The molecule has 0 aliphatic rings. The van der Waals surface area contributed by atoms with Gasteiger partial charge in [0.1, 0.15) is 12.6 Å². The quantitative estimate of drug-likeness (QED) is 0.338. The Labute approximate surface area is 243 Å². The molecular weight excluding hydrogens is 538 g/mol. The first-order valence-corrected chi connectivity index (χ1v) is 15.3. The lowest BCUT2D eigenvalue weighted by molar-refractivity contribution is -0.140. The molecule has 3 aromatic rings. The van der Waals surface area contributed by atoms with Crippen LogP contribution in [0, 0.1) is 6.92 Å². The normalized spacial score (nSPS) is 12.3. The fourth-order valence-corrected chi connectivity index (χ4v) is 5.31. The Morgan fingerprint density at radius 3 is 2.12 bits per heavy atom. The molecule has 0 aromatic heterocycles. The minimum atomic E-state index is -3.93. The summed E-state index contributed by atoms with van der Waals surface area (Å²) in [5, 5.41) is 3.01. The van der Waals surface area contributed by atoms with E-state index >= 15 is 0 Å². The van der Waals surface area contributed by atoms with Crippen molar-refractivity contribution in [2.75, 3.05) is 17.1 Å². The van der Waals surface area contributed by atoms with Crippen molar-refractivity contribution >= 4 is 33.3 Å². The van der Waals surface area contributed by atoms with Crippen LogP contribution in [0.3, 0.4) is 0 Å². The second-order valence-electron chi connectivity index (χ2n) is 11.3. The SMILES string of the molecule is CC(=O)c1cccc(N(CC(=O)N(Cc2ccccc2C)[C@@H](Cc2ccccc2)C(=O)NC(C)(C)C)S(C)(=O)=O)c1. The fourth-order valence-electron chi connectivity index (χ4n) is 4.47.